The van der Waals surface area contributed by atoms with Gasteiger partial charge in [0.15, 0.2) is 0 Å². The molecular formula is C11H13ClN4O3. The first-order valence-corrected chi connectivity index (χ1v) is 6.10. The summed E-state index contributed by atoms with van der Waals surface area (Å²) in [5.41, 5.74) is 5.68. The summed E-state index contributed by atoms with van der Waals surface area (Å²) in [6.45, 7) is 1.92. The van der Waals surface area contributed by atoms with E-state index in [1.807, 2.05) is 4.90 Å². The minimum Gasteiger partial charge on any atom is -0.362 e. The Bertz CT molecular complexity index is 515. The topological polar surface area (TPSA) is 92.7 Å². The molecule has 0 atom stereocenters. The van der Waals surface area contributed by atoms with E-state index < -0.39 is 11.0 Å². The van der Waals surface area contributed by atoms with Crippen LogP contribution in [0.3, 0.4) is 0 Å². The van der Waals surface area contributed by atoms with Gasteiger partial charge < -0.3 is 15.5 Å². The number of benzene rings is 1. The Morgan fingerprint density at radius 3 is 2.47 bits per heavy atom. The molecule has 0 aliphatic carbocycles. The van der Waals surface area contributed by atoms with Crippen molar-refractivity contribution >= 4 is 29.0 Å². The Morgan fingerprint density at radius 1 is 1.32 bits per heavy atom. The van der Waals surface area contributed by atoms with E-state index in [0.717, 1.165) is 0 Å². The molecule has 1 aliphatic heterocycles. The normalized spacial score (nSPS) is 15.4. The number of carbonyl (C=O) groups excluding carboxylic acids is 1. The van der Waals surface area contributed by atoms with Crippen LogP contribution in [0.1, 0.15) is 0 Å². The molecule has 0 unspecified atom stereocenters. The number of amides is 2. The van der Waals surface area contributed by atoms with Crippen LogP contribution in [0, 0.1) is 10.1 Å². The fraction of sp³-hybridized carbons (Fsp3) is 0.364. The predicted molar refractivity (Wildman–Crippen MR) is 71.5 cm³/mol. The minimum atomic E-state index is -0.467. The third-order valence-corrected chi connectivity index (χ3v) is 3.30. The molecular weight excluding hydrogens is 272 g/mol. The van der Waals surface area contributed by atoms with E-state index in [1.165, 1.54) is 11.0 Å². The highest BCUT2D eigenvalue weighted by atomic mass is 35.5. The van der Waals surface area contributed by atoms with Crippen LogP contribution in [0.2, 0.25) is 5.02 Å². The fourth-order valence-corrected chi connectivity index (χ4v) is 2.24. The summed E-state index contributed by atoms with van der Waals surface area (Å²) < 4.78 is 0. The van der Waals surface area contributed by atoms with Crippen LogP contribution < -0.4 is 10.6 Å². The van der Waals surface area contributed by atoms with Crippen molar-refractivity contribution in [2.45, 2.75) is 0 Å². The van der Waals surface area contributed by atoms with Crippen molar-refractivity contribution in [2.75, 3.05) is 31.1 Å². The molecule has 2 N–H and O–H groups in total. The molecule has 1 aliphatic rings. The Hall–Kier alpha value is -2.02. The first-order valence-electron chi connectivity index (χ1n) is 5.72. The smallest absolute Gasteiger partial charge is 0.314 e. The van der Waals surface area contributed by atoms with Crippen molar-refractivity contribution in [2.24, 2.45) is 5.73 Å². The lowest BCUT2D eigenvalue weighted by Gasteiger charge is -2.34. The molecule has 1 saturated heterocycles. The minimum absolute atomic E-state index is 0.0278. The number of halogens is 1. The summed E-state index contributed by atoms with van der Waals surface area (Å²) in [6, 6.07) is 4.10. The second kappa shape index (κ2) is 5.31. The van der Waals surface area contributed by atoms with E-state index in [4.69, 9.17) is 17.3 Å². The van der Waals surface area contributed by atoms with Crippen molar-refractivity contribution < 1.29 is 9.72 Å². The van der Waals surface area contributed by atoms with Crippen molar-refractivity contribution in [3.8, 4) is 0 Å². The van der Waals surface area contributed by atoms with E-state index in [2.05, 4.69) is 0 Å². The highest BCUT2D eigenvalue weighted by molar-refractivity contribution is 6.30. The summed E-state index contributed by atoms with van der Waals surface area (Å²) in [5, 5.41) is 11.4. The number of anilines is 1. The number of nitro groups is 1. The van der Waals surface area contributed by atoms with Crippen LogP contribution in [-0.4, -0.2) is 42.0 Å². The molecule has 2 amide bonds. The molecule has 0 saturated carbocycles. The quantitative estimate of drug-likeness (QED) is 0.657. The summed E-state index contributed by atoms with van der Waals surface area (Å²) in [5.74, 6) is 0. The van der Waals surface area contributed by atoms with Gasteiger partial charge in [0.2, 0.25) is 0 Å². The largest absolute Gasteiger partial charge is 0.362 e. The average molecular weight is 285 g/mol. The predicted octanol–water partition coefficient (Wildman–Crippen LogP) is 1.45. The maximum atomic E-state index is 11.0. The molecule has 8 heteroatoms. The van der Waals surface area contributed by atoms with E-state index in [-0.39, 0.29) is 5.69 Å². The van der Waals surface area contributed by atoms with Gasteiger partial charge in [-0.2, -0.15) is 0 Å². The molecule has 7 nitrogen and oxygen atoms in total. The zero-order valence-electron chi connectivity index (χ0n) is 10.1. The van der Waals surface area contributed by atoms with Crippen LogP contribution >= 0.6 is 11.6 Å². The van der Waals surface area contributed by atoms with Crippen molar-refractivity contribution in [1.82, 2.24) is 4.90 Å². The van der Waals surface area contributed by atoms with Gasteiger partial charge in [-0.3, -0.25) is 10.1 Å². The van der Waals surface area contributed by atoms with Gasteiger partial charge in [-0.1, -0.05) is 11.6 Å². The van der Waals surface area contributed by atoms with E-state index in [0.29, 0.717) is 36.9 Å². The fourth-order valence-electron chi connectivity index (χ4n) is 2.08. The number of hydrogen-bond donors (Lipinski definition) is 1. The summed E-state index contributed by atoms with van der Waals surface area (Å²) >= 11 is 5.77. The molecule has 0 aromatic heterocycles. The third kappa shape index (κ3) is 2.87. The molecule has 102 valence electrons. The number of nitrogens with zero attached hydrogens (tertiary/aromatic N) is 3. The summed E-state index contributed by atoms with van der Waals surface area (Å²) in [4.78, 5) is 25.0. The van der Waals surface area contributed by atoms with Crippen LogP contribution in [0.5, 0.6) is 0 Å². The van der Waals surface area contributed by atoms with Gasteiger partial charge in [-0.05, 0) is 12.1 Å². The SMILES string of the molecule is NC(=O)N1CCN(c2ccc(Cl)cc2[N+](=O)[O-])CC1. The molecule has 0 radical (unpaired) electrons. The summed E-state index contributed by atoms with van der Waals surface area (Å²) in [6.07, 6.45) is 0. The highest BCUT2D eigenvalue weighted by Crippen LogP contribution is 2.31. The van der Waals surface area contributed by atoms with Gasteiger partial charge in [0.1, 0.15) is 5.69 Å². The number of primary amides is 1. The van der Waals surface area contributed by atoms with Gasteiger partial charge in [0.25, 0.3) is 5.69 Å². The maximum Gasteiger partial charge on any atom is 0.314 e. The molecule has 1 aromatic carbocycles. The second-order valence-electron chi connectivity index (χ2n) is 4.20. The van der Waals surface area contributed by atoms with Crippen LogP contribution in [0.15, 0.2) is 18.2 Å². The van der Waals surface area contributed by atoms with Gasteiger partial charge in [0, 0.05) is 37.3 Å². The van der Waals surface area contributed by atoms with Gasteiger partial charge >= 0.3 is 6.03 Å². The third-order valence-electron chi connectivity index (χ3n) is 3.07. The number of piperazine rings is 1. The van der Waals surface area contributed by atoms with E-state index in [1.54, 1.807) is 12.1 Å². The monoisotopic (exact) mass is 284 g/mol. The number of nitrogens with two attached hydrogens (primary N) is 1. The molecule has 0 bridgehead atoms. The second-order valence-corrected chi connectivity index (χ2v) is 4.64. The molecule has 1 aromatic rings. The van der Waals surface area contributed by atoms with Gasteiger partial charge in [-0.15, -0.1) is 0 Å². The average Bonchev–Trinajstić information content (AvgIpc) is 2.38. The van der Waals surface area contributed by atoms with E-state index >= 15 is 0 Å². The molecule has 19 heavy (non-hydrogen) atoms. The Morgan fingerprint density at radius 2 is 1.95 bits per heavy atom. The van der Waals surface area contributed by atoms with Crippen LogP contribution in [-0.2, 0) is 0 Å². The van der Waals surface area contributed by atoms with Gasteiger partial charge in [-0.25, -0.2) is 4.79 Å². The molecule has 2 rings (SSSR count). The lowest BCUT2D eigenvalue weighted by Crippen LogP contribution is -2.50. The lowest BCUT2D eigenvalue weighted by atomic mass is 10.2. The van der Waals surface area contributed by atoms with Crippen molar-refractivity contribution in [3.05, 3.63) is 33.3 Å². The number of rotatable bonds is 2. The molecule has 1 fully saturated rings. The van der Waals surface area contributed by atoms with Crippen molar-refractivity contribution in [3.63, 3.8) is 0 Å². The standard InChI is InChI=1S/C11H13ClN4O3/c12-8-1-2-9(10(7-8)16(18)19)14-3-5-15(6-4-14)11(13)17/h1-2,7H,3-6H2,(H2,13,17). The van der Waals surface area contributed by atoms with E-state index in [9.17, 15) is 14.9 Å². The maximum absolute atomic E-state index is 11.0. The number of hydrogen-bond acceptors (Lipinski definition) is 4. The first kappa shape index (κ1) is 13.4. The van der Waals surface area contributed by atoms with Crippen LogP contribution in [0.25, 0.3) is 0 Å². The molecule has 1 heterocycles. The molecule has 0 spiro atoms. The summed E-state index contributed by atoms with van der Waals surface area (Å²) in [7, 11) is 0. The zero-order chi connectivity index (χ0) is 14.0. The van der Waals surface area contributed by atoms with Crippen LogP contribution in [0.4, 0.5) is 16.2 Å². The number of urea groups is 1. The number of nitro benzene ring substituents is 1. The Balaban J connectivity index is 2.20. The van der Waals surface area contributed by atoms with Gasteiger partial charge in [0.05, 0.1) is 4.92 Å². The zero-order valence-corrected chi connectivity index (χ0v) is 10.8. The Kier molecular flexibility index (Phi) is 3.75. The van der Waals surface area contributed by atoms with Crippen molar-refractivity contribution in [1.29, 1.82) is 0 Å². The highest BCUT2D eigenvalue weighted by Gasteiger charge is 2.24. The first-order chi connectivity index (χ1) is 8.99. The number of carbonyl (C=O) groups is 1. The Labute approximate surface area is 114 Å². The lowest BCUT2D eigenvalue weighted by molar-refractivity contribution is -0.384.